The molecule has 0 aliphatic heterocycles. The highest BCUT2D eigenvalue weighted by Gasteiger charge is 2.23. The molecule has 4 rings (SSSR count). The number of pyridine rings is 2. The van der Waals surface area contributed by atoms with Gasteiger partial charge in [0.05, 0.1) is 12.2 Å². The van der Waals surface area contributed by atoms with Crippen LogP contribution >= 0.6 is 0 Å². The second-order valence-electron chi connectivity index (χ2n) is 5.77. The molecule has 0 spiro atoms. The molecule has 22 heavy (non-hydrogen) atoms. The Morgan fingerprint density at radius 2 is 2.14 bits per heavy atom. The van der Waals surface area contributed by atoms with Crippen molar-refractivity contribution in [2.24, 2.45) is 0 Å². The van der Waals surface area contributed by atoms with Crippen molar-refractivity contribution in [3.63, 3.8) is 0 Å². The number of aromatic nitrogens is 3. The third-order valence-electron chi connectivity index (χ3n) is 4.06. The van der Waals surface area contributed by atoms with Crippen molar-refractivity contribution < 1.29 is 0 Å². The average molecular weight is 293 g/mol. The number of anilines is 2. The summed E-state index contributed by atoms with van der Waals surface area (Å²) in [6.45, 7) is 0.702. The second kappa shape index (κ2) is 5.33. The van der Waals surface area contributed by atoms with Crippen molar-refractivity contribution in [2.75, 3.05) is 17.7 Å². The van der Waals surface area contributed by atoms with Gasteiger partial charge in [-0.1, -0.05) is 6.07 Å². The van der Waals surface area contributed by atoms with Gasteiger partial charge in [0.15, 0.2) is 0 Å². The average Bonchev–Trinajstić information content (AvgIpc) is 3.32. The molecule has 0 atom stereocenters. The molecule has 5 heteroatoms. The van der Waals surface area contributed by atoms with Gasteiger partial charge in [-0.25, -0.2) is 9.97 Å². The van der Waals surface area contributed by atoms with Crippen LogP contribution in [0.5, 0.6) is 0 Å². The Morgan fingerprint density at radius 3 is 2.95 bits per heavy atom. The molecule has 1 aliphatic rings. The van der Waals surface area contributed by atoms with Gasteiger partial charge in [-0.15, -0.1) is 0 Å². The SMILES string of the molecule is CNc1cc(NCc2cn3cc(C4CC4)ccc3n2)ccn1. The highest BCUT2D eigenvalue weighted by molar-refractivity contribution is 5.52. The number of nitrogens with one attached hydrogen (secondary N) is 2. The molecule has 5 nitrogen and oxygen atoms in total. The van der Waals surface area contributed by atoms with E-state index < -0.39 is 0 Å². The third-order valence-corrected chi connectivity index (χ3v) is 4.06. The van der Waals surface area contributed by atoms with E-state index in [9.17, 15) is 0 Å². The number of hydrogen-bond acceptors (Lipinski definition) is 4. The Morgan fingerprint density at radius 1 is 1.23 bits per heavy atom. The highest BCUT2D eigenvalue weighted by atomic mass is 15.0. The standard InChI is InChI=1S/C17H19N5/c1-18-16-8-14(6-7-19-16)20-9-15-11-22-10-13(12-2-3-12)4-5-17(22)21-15/h4-8,10-12H,2-3,9H2,1H3,(H2,18,19,20). The molecule has 2 N–H and O–H groups in total. The first-order valence-corrected chi connectivity index (χ1v) is 7.67. The van der Waals surface area contributed by atoms with Gasteiger partial charge in [0.2, 0.25) is 0 Å². The van der Waals surface area contributed by atoms with Gasteiger partial charge in [-0.3, -0.25) is 0 Å². The molecule has 112 valence electrons. The Balaban J connectivity index is 1.51. The fourth-order valence-electron chi connectivity index (χ4n) is 2.67. The minimum Gasteiger partial charge on any atom is -0.379 e. The molecule has 0 amide bonds. The number of nitrogens with zero attached hydrogens (tertiary/aromatic N) is 3. The quantitative estimate of drug-likeness (QED) is 0.758. The van der Waals surface area contributed by atoms with E-state index in [1.54, 1.807) is 6.20 Å². The topological polar surface area (TPSA) is 54.2 Å². The van der Waals surface area contributed by atoms with Crippen molar-refractivity contribution in [3.05, 3.63) is 54.1 Å². The minimum absolute atomic E-state index is 0.702. The summed E-state index contributed by atoms with van der Waals surface area (Å²) in [5.74, 6) is 1.62. The molecule has 0 unspecified atom stereocenters. The highest BCUT2D eigenvalue weighted by Crippen LogP contribution is 2.39. The molecule has 0 aromatic carbocycles. The maximum absolute atomic E-state index is 4.66. The van der Waals surface area contributed by atoms with Crippen LogP contribution in [0.15, 0.2) is 42.9 Å². The maximum Gasteiger partial charge on any atom is 0.137 e. The Bertz CT molecular complexity index is 804. The summed E-state index contributed by atoms with van der Waals surface area (Å²) in [6, 6.07) is 8.27. The van der Waals surface area contributed by atoms with Gasteiger partial charge in [0.25, 0.3) is 0 Å². The first kappa shape index (κ1) is 13.1. The summed E-state index contributed by atoms with van der Waals surface area (Å²) in [6.07, 6.45) is 8.76. The largest absolute Gasteiger partial charge is 0.379 e. The van der Waals surface area contributed by atoms with Gasteiger partial charge in [0.1, 0.15) is 11.5 Å². The van der Waals surface area contributed by atoms with E-state index in [1.165, 1.54) is 18.4 Å². The molecule has 1 aliphatic carbocycles. The molecule has 1 fully saturated rings. The normalized spacial score (nSPS) is 14.2. The zero-order chi connectivity index (χ0) is 14.9. The van der Waals surface area contributed by atoms with Crippen LogP contribution in [0.2, 0.25) is 0 Å². The maximum atomic E-state index is 4.66. The van der Waals surface area contributed by atoms with E-state index in [0.29, 0.717) is 6.54 Å². The van der Waals surface area contributed by atoms with Crippen molar-refractivity contribution >= 4 is 17.2 Å². The van der Waals surface area contributed by atoms with E-state index in [1.807, 2.05) is 19.2 Å². The van der Waals surface area contributed by atoms with Crippen molar-refractivity contribution in [3.8, 4) is 0 Å². The smallest absolute Gasteiger partial charge is 0.137 e. The van der Waals surface area contributed by atoms with Crippen LogP contribution in [0.25, 0.3) is 5.65 Å². The summed E-state index contributed by atoms with van der Waals surface area (Å²) in [5, 5.41) is 6.43. The van der Waals surface area contributed by atoms with Crippen molar-refractivity contribution in [1.29, 1.82) is 0 Å². The number of imidazole rings is 1. The number of hydrogen-bond donors (Lipinski definition) is 2. The zero-order valence-corrected chi connectivity index (χ0v) is 12.6. The lowest BCUT2D eigenvalue weighted by Crippen LogP contribution is -2.01. The van der Waals surface area contributed by atoms with E-state index in [4.69, 9.17) is 0 Å². The first-order valence-electron chi connectivity index (χ1n) is 7.67. The monoisotopic (exact) mass is 293 g/mol. The number of rotatable bonds is 5. The van der Waals surface area contributed by atoms with E-state index in [0.717, 1.165) is 28.8 Å². The predicted molar refractivity (Wildman–Crippen MR) is 88.3 cm³/mol. The van der Waals surface area contributed by atoms with Crippen LogP contribution in [0.3, 0.4) is 0 Å². The second-order valence-corrected chi connectivity index (χ2v) is 5.77. The summed E-state index contributed by atoms with van der Waals surface area (Å²) < 4.78 is 2.14. The Labute approximate surface area is 129 Å². The van der Waals surface area contributed by atoms with Gasteiger partial charge < -0.3 is 15.0 Å². The van der Waals surface area contributed by atoms with Crippen LogP contribution in [0.1, 0.15) is 30.0 Å². The Kier molecular flexibility index (Phi) is 3.18. The molecule has 3 aromatic rings. The number of fused-ring (bicyclic) bond motifs is 1. The summed E-state index contributed by atoms with van der Waals surface area (Å²) in [4.78, 5) is 8.87. The fourth-order valence-corrected chi connectivity index (χ4v) is 2.67. The zero-order valence-electron chi connectivity index (χ0n) is 12.6. The van der Waals surface area contributed by atoms with Gasteiger partial charge in [-0.2, -0.15) is 0 Å². The van der Waals surface area contributed by atoms with E-state index >= 15 is 0 Å². The molecular formula is C17H19N5. The lowest BCUT2D eigenvalue weighted by Gasteiger charge is -2.05. The van der Waals surface area contributed by atoms with Crippen LogP contribution in [0, 0.1) is 0 Å². The predicted octanol–water partition coefficient (Wildman–Crippen LogP) is 3.26. The van der Waals surface area contributed by atoms with Crippen LogP contribution < -0.4 is 10.6 Å². The van der Waals surface area contributed by atoms with Gasteiger partial charge >= 0.3 is 0 Å². The van der Waals surface area contributed by atoms with Gasteiger partial charge in [-0.05, 0) is 36.5 Å². The van der Waals surface area contributed by atoms with E-state index in [-0.39, 0.29) is 0 Å². The minimum atomic E-state index is 0.702. The molecule has 3 aromatic heterocycles. The summed E-state index contributed by atoms with van der Waals surface area (Å²) in [7, 11) is 1.87. The van der Waals surface area contributed by atoms with Crippen LogP contribution in [-0.4, -0.2) is 21.4 Å². The van der Waals surface area contributed by atoms with Crippen LogP contribution in [-0.2, 0) is 6.54 Å². The van der Waals surface area contributed by atoms with E-state index in [2.05, 4.69) is 49.5 Å². The molecular weight excluding hydrogens is 274 g/mol. The van der Waals surface area contributed by atoms with Crippen LogP contribution in [0.4, 0.5) is 11.5 Å². The lowest BCUT2D eigenvalue weighted by atomic mass is 10.2. The molecule has 0 saturated heterocycles. The summed E-state index contributed by atoms with van der Waals surface area (Å²) in [5.41, 5.74) is 4.51. The summed E-state index contributed by atoms with van der Waals surface area (Å²) >= 11 is 0. The molecule has 3 heterocycles. The Hall–Kier alpha value is -2.56. The van der Waals surface area contributed by atoms with Crippen molar-refractivity contribution in [1.82, 2.24) is 14.4 Å². The third kappa shape index (κ3) is 2.62. The molecule has 1 saturated carbocycles. The fraction of sp³-hybridized carbons (Fsp3) is 0.294. The van der Waals surface area contributed by atoms with Gasteiger partial charge in [0, 0.05) is 37.4 Å². The first-order chi connectivity index (χ1) is 10.8. The lowest BCUT2D eigenvalue weighted by molar-refractivity contribution is 1.05. The molecule has 0 radical (unpaired) electrons. The van der Waals surface area contributed by atoms with Crippen molar-refractivity contribution in [2.45, 2.75) is 25.3 Å². The molecule has 0 bridgehead atoms.